The molecule has 140 heavy (non-hydrogen) atoms. The minimum absolute atomic E-state index is 0.205. The lowest BCUT2D eigenvalue weighted by molar-refractivity contribution is -0.147. The van der Waals surface area contributed by atoms with E-state index >= 15 is 0 Å². The van der Waals surface area contributed by atoms with Crippen molar-refractivity contribution in [3.05, 3.63) is 238 Å². The van der Waals surface area contributed by atoms with Crippen LogP contribution in [-0.2, 0) is 63.8 Å². The van der Waals surface area contributed by atoms with Crippen LogP contribution in [0.25, 0.3) is 110 Å². The number of rotatable bonds is 20. The third-order valence-electron chi connectivity index (χ3n) is 31.3. The van der Waals surface area contributed by atoms with Crippen molar-refractivity contribution in [1.82, 2.24) is 59.1 Å². The van der Waals surface area contributed by atoms with E-state index in [0.29, 0.717) is 139 Å². The number of benzene rings is 8. The predicted molar refractivity (Wildman–Crippen MR) is 511 cm³/mol. The lowest BCUT2D eigenvalue weighted by Gasteiger charge is -2.33. The van der Waals surface area contributed by atoms with Gasteiger partial charge < -0.3 is 57.6 Å². The summed E-state index contributed by atoms with van der Waals surface area (Å²) in [5.41, 5.74) is 19.0. The highest BCUT2D eigenvalue weighted by Crippen LogP contribution is 2.51. The van der Waals surface area contributed by atoms with Crippen molar-refractivity contribution in [2.75, 3.05) is 52.9 Å². The molecule has 0 spiro atoms. The molecule has 8 N–H and O–H groups in total. The number of nitrogens with zero attached hydrogens (tertiary/aromatic N) is 8. The molecule has 4 saturated heterocycles. The Morgan fingerprint density at radius 2 is 0.500 bits per heavy atom. The highest BCUT2D eigenvalue weighted by molar-refractivity contribution is 6.03. The van der Waals surface area contributed by atoms with Gasteiger partial charge in [-0.3, -0.25) is 39.6 Å². The zero-order chi connectivity index (χ0) is 96.4. The van der Waals surface area contributed by atoms with Crippen LogP contribution < -0.4 is 0 Å². The van der Waals surface area contributed by atoms with Crippen LogP contribution >= 0.6 is 0 Å². The minimum Gasteiger partial charge on any atom is -0.481 e. The largest absolute Gasteiger partial charge is 0.481 e. The van der Waals surface area contributed by atoms with E-state index < -0.39 is 70.4 Å². The summed E-state index contributed by atoms with van der Waals surface area (Å²) in [5, 5.41) is 74.6. The molecule has 24 rings (SSSR count). The van der Waals surface area contributed by atoms with Crippen molar-refractivity contribution < 1.29 is 93.7 Å². The van der Waals surface area contributed by atoms with Gasteiger partial charge in [0.15, 0.2) is 46.5 Å². The van der Waals surface area contributed by atoms with Gasteiger partial charge in [-0.05, 0) is 297 Å². The fourth-order valence-electron chi connectivity index (χ4n) is 23.9. The lowest BCUT2D eigenvalue weighted by Crippen LogP contribution is -2.31. The van der Waals surface area contributed by atoms with E-state index in [-0.39, 0.29) is 59.2 Å². The average molecular weight is 1920 g/mol. The first kappa shape index (κ1) is 93.3. The quantitative estimate of drug-likeness (QED) is 0.0329. The van der Waals surface area contributed by atoms with E-state index in [1.165, 1.54) is 59.7 Å². The molecule has 4 aliphatic heterocycles. The normalized spacial score (nSPS) is 21.3. The summed E-state index contributed by atoms with van der Waals surface area (Å²) in [4.78, 5) is 45.7. The molecule has 8 aromatic carbocycles. The molecule has 8 fully saturated rings. The van der Waals surface area contributed by atoms with Gasteiger partial charge >= 0.3 is 23.9 Å². The van der Waals surface area contributed by atoms with E-state index in [0.717, 1.165) is 224 Å². The van der Waals surface area contributed by atoms with Crippen molar-refractivity contribution >= 4 is 111 Å². The van der Waals surface area contributed by atoms with Crippen LogP contribution in [0.3, 0.4) is 0 Å². The minimum atomic E-state index is -0.883. The summed E-state index contributed by atoms with van der Waals surface area (Å²) >= 11 is 0. The molecule has 0 bridgehead atoms. The van der Waals surface area contributed by atoms with Crippen molar-refractivity contribution in [2.45, 2.75) is 178 Å². The molecule has 0 unspecified atom stereocenters. The molecule has 32 heteroatoms. The first-order chi connectivity index (χ1) is 68.0. The second kappa shape index (κ2) is 39.6. The van der Waals surface area contributed by atoms with E-state index in [1.54, 1.807) is 49.1 Å². The summed E-state index contributed by atoms with van der Waals surface area (Å²) in [6.07, 6.45) is 25.9. The van der Waals surface area contributed by atoms with Gasteiger partial charge in [0.25, 0.3) is 0 Å². The van der Waals surface area contributed by atoms with Gasteiger partial charge in [-0.2, -0.15) is 20.4 Å². The molecule has 0 radical (unpaired) electrons. The Morgan fingerprint density at radius 1 is 0.279 bits per heavy atom. The number of halogens is 8. The molecular weight excluding hydrogens is 1810 g/mol. The number of nitrogens with one attached hydrogen (secondary N) is 4. The summed E-state index contributed by atoms with van der Waals surface area (Å²) in [6, 6.07) is 32.9. The molecule has 0 amide bonds. The molecule has 0 atom stereocenters. The fraction of sp³-hybridized carbons (Fsp3) is 0.407. The highest BCUT2D eigenvalue weighted by Gasteiger charge is 2.42. The highest BCUT2D eigenvalue weighted by atomic mass is 19.2. The maximum atomic E-state index is 14.5. The smallest absolute Gasteiger partial charge is 0.306 e. The van der Waals surface area contributed by atoms with E-state index in [1.807, 2.05) is 12.1 Å². The molecule has 4 saturated carbocycles. The molecule has 8 aliphatic rings. The first-order valence-electron chi connectivity index (χ1n) is 49.0. The van der Waals surface area contributed by atoms with Crippen LogP contribution in [0.2, 0.25) is 0 Å². The molecule has 4 aliphatic carbocycles. The van der Waals surface area contributed by atoms with Crippen molar-refractivity contribution in [2.24, 2.45) is 47.3 Å². The number of aromatic nitrogens is 12. The van der Waals surface area contributed by atoms with Crippen LogP contribution in [0, 0.1) is 93.9 Å². The van der Waals surface area contributed by atoms with E-state index in [2.05, 4.69) is 95.5 Å². The number of hydrogen-bond donors (Lipinski definition) is 8. The van der Waals surface area contributed by atoms with Gasteiger partial charge in [0.05, 0.1) is 92.6 Å². The SMILES string of the molecule is O=C(O)C1CC(Cc2c(C3CCOCC3)n(-c3ccc(F)c(F)c3)c3cc4cn[nH]c4cc23)C1.O=C(O)C1CC(Cc2c(C3CCOCC3)n(-c3ccc(F)c(F)c3)c3cc4cn[nH]c4cc23)C1.O=C(O)C1CCC(Cc2c(C3CCOCC3)n(-c3ccc(F)c(F)c3)c3cc4cn[nH]c4cc23)CC1.O=C(O)C1CCC(Cc2c(C3CCOCC3)n(-c3ccc(F)c(F)c3)c3cc4cn[nH]c4cc23)CC1. The zero-order valence-corrected chi connectivity index (χ0v) is 77.1. The number of hydrogen-bond acceptors (Lipinski definition) is 12. The van der Waals surface area contributed by atoms with Gasteiger partial charge in [-0.15, -0.1) is 0 Å². The monoisotopic (exact) mass is 1920 g/mol. The average Bonchev–Trinajstić information content (AvgIpc) is 1.59. The fourth-order valence-corrected chi connectivity index (χ4v) is 23.9. The number of carboxylic acids is 4. The number of H-pyrrole nitrogens is 4. The summed E-state index contributed by atoms with van der Waals surface area (Å²) in [5.74, 6) is -8.77. The number of carboxylic acid groups (broad SMARTS) is 4. The Labute approximate surface area is 798 Å². The number of carbonyl (C=O) groups is 4. The standard InChI is InChI=1S/2C28H29F2N3O3.2C26H25F2N3O3/c2*29-23-6-5-20(13-24(23)30)33-26-12-19-15-31-32-25(19)14-21(26)22(27(33)17-7-9-36-10-8-17)11-16-1-3-18(4-2-16)28(34)35;2*27-21-2-1-18(11-22(21)28)31-24-10-17-13-29-30-23(17)12-19(24)20(9-14-7-16(8-14)26(32)33)25(31)15-3-5-34-6-4-15/h2*5-6,12-18H,1-4,7-11H2,(H,31,32)(H,34,35);2*1-2,10-16H,3-9H2,(H,29,30)(H,32,33). The molecule has 728 valence electrons. The Hall–Kier alpha value is -13.0. The maximum Gasteiger partial charge on any atom is 0.306 e. The lowest BCUT2D eigenvalue weighted by atomic mass is 9.71. The zero-order valence-electron chi connectivity index (χ0n) is 77.1. The van der Waals surface area contributed by atoms with Gasteiger partial charge in [0.2, 0.25) is 0 Å². The molecule has 8 aromatic heterocycles. The summed E-state index contributed by atoms with van der Waals surface area (Å²) < 4.78 is 144. The topological polar surface area (TPSA) is 321 Å². The van der Waals surface area contributed by atoms with Crippen molar-refractivity contribution in [1.29, 1.82) is 0 Å². The molecule has 24 nitrogen and oxygen atoms in total. The van der Waals surface area contributed by atoms with Gasteiger partial charge in [-0.1, -0.05) is 0 Å². The van der Waals surface area contributed by atoms with Crippen LogP contribution in [-0.4, -0.2) is 156 Å². The number of aliphatic carboxylic acids is 4. The predicted octanol–water partition coefficient (Wildman–Crippen LogP) is 22.9. The third kappa shape index (κ3) is 18.4. The molecular formula is C108H108F8N12O12. The second-order valence-electron chi connectivity index (χ2n) is 39.7. The number of ether oxygens (including phenoxy) is 4. The second-order valence-corrected chi connectivity index (χ2v) is 39.7. The third-order valence-corrected chi connectivity index (χ3v) is 31.3. The van der Waals surface area contributed by atoms with Gasteiger partial charge in [0, 0.05) is 189 Å². The summed E-state index contributed by atoms with van der Waals surface area (Å²) in [6.45, 7) is 5.26. The van der Waals surface area contributed by atoms with E-state index in [9.17, 15) is 74.7 Å². The van der Waals surface area contributed by atoms with Crippen LogP contribution in [0.15, 0.2) is 146 Å². The molecule has 12 heterocycles. The van der Waals surface area contributed by atoms with Crippen molar-refractivity contribution in [3.63, 3.8) is 0 Å². The Kier molecular flexibility index (Phi) is 26.4. The number of aromatic amines is 4. The van der Waals surface area contributed by atoms with Gasteiger partial charge in [-0.25, -0.2) is 35.1 Å². The first-order valence-corrected chi connectivity index (χ1v) is 49.0. The van der Waals surface area contributed by atoms with Crippen LogP contribution in [0.4, 0.5) is 35.1 Å². The Bertz CT molecular complexity index is 6950. The van der Waals surface area contributed by atoms with E-state index in [4.69, 9.17) is 18.9 Å². The Balaban J connectivity index is 0.000000111. The van der Waals surface area contributed by atoms with Crippen LogP contribution in [0.1, 0.15) is 197 Å². The summed E-state index contributed by atoms with van der Waals surface area (Å²) in [7, 11) is 0. The Morgan fingerprint density at radius 3 is 0.714 bits per heavy atom. The van der Waals surface area contributed by atoms with Crippen LogP contribution in [0.5, 0.6) is 0 Å². The molecule has 16 aromatic rings. The maximum absolute atomic E-state index is 14.5. The van der Waals surface area contributed by atoms with Gasteiger partial charge in [0.1, 0.15) is 0 Å². The number of fused-ring (bicyclic) bond motifs is 8. The van der Waals surface area contributed by atoms with Crippen molar-refractivity contribution in [3.8, 4) is 22.7 Å².